The fourth-order valence-corrected chi connectivity index (χ4v) is 4.54. The molecule has 0 aromatic heterocycles. The van der Waals surface area contributed by atoms with Crippen LogP contribution in [0.1, 0.15) is 30.4 Å². The first-order chi connectivity index (χ1) is 16.5. The largest absolute Gasteiger partial charge is 0.481 e. The number of fused-ring (bicyclic) bond motifs is 3. The van der Waals surface area contributed by atoms with Crippen LogP contribution in [-0.4, -0.2) is 67.0 Å². The highest BCUT2D eigenvalue weighted by atomic mass is 32.2. The molecule has 0 saturated carbocycles. The molecule has 0 heterocycles. The van der Waals surface area contributed by atoms with E-state index in [1.807, 2.05) is 31.2 Å². The average molecular weight is 487 g/mol. The third kappa shape index (κ3) is 7.23. The molecule has 0 bridgehead atoms. The highest BCUT2D eigenvalue weighted by molar-refractivity contribution is 7.99. The number of carboxylic acids is 1. The van der Waals surface area contributed by atoms with Gasteiger partial charge in [-0.3, -0.25) is 9.59 Å². The predicted molar refractivity (Wildman–Crippen MR) is 131 cm³/mol. The molecule has 0 aliphatic heterocycles. The molecular formula is C25H30N2O6S. The third-order valence-corrected chi connectivity index (χ3v) is 6.37. The van der Waals surface area contributed by atoms with Crippen LogP contribution < -0.4 is 10.6 Å². The van der Waals surface area contributed by atoms with Crippen molar-refractivity contribution in [2.24, 2.45) is 0 Å². The Morgan fingerprint density at radius 1 is 1.03 bits per heavy atom. The molecule has 9 heteroatoms. The fraction of sp³-hybridized carbons (Fsp3) is 0.400. The van der Waals surface area contributed by atoms with Crippen molar-refractivity contribution in [3.8, 4) is 11.1 Å². The zero-order valence-electron chi connectivity index (χ0n) is 19.1. The molecule has 2 amide bonds. The summed E-state index contributed by atoms with van der Waals surface area (Å²) in [5.41, 5.74) is 4.61. The first kappa shape index (κ1) is 25.6. The van der Waals surface area contributed by atoms with Crippen molar-refractivity contribution in [3.63, 3.8) is 0 Å². The van der Waals surface area contributed by atoms with Crippen LogP contribution in [0, 0.1) is 0 Å². The molecule has 8 nitrogen and oxygen atoms in total. The maximum absolute atomic E-state index is 12.4. The van der Waals surface area contributed by atoms with E-state index in [9.17, 15) is 14.4 Å². The Morgan fingerprint density at radius 2 is 1.68 bits per heavy atom. The number of aliphatic carboxylic acids is 1. The second kappa shape index (κ2) is 13.0. The van der Waals surface area contributed by atoms with E-state index in [1.165, 1.54) is 11.8 Å². The van der Waals surface area contributed by atoms with Gasteiger partial charge in [-0.05, 0) is 29.2 Å². The number of hydrogen-bond donors (Lipinski definition) is 3. The first-order valence-corrected chi connectivity index (χ1v) is 12.4. The van der Waals surface area contributed by atoms with Crippen LogP contribution in [0.25, 0.3) is 11.1 Å². The molecule has 3 N–H and O–H groups in total. The second-order valence-corrected chi connectivity index (χ2v) is 8.89. The molecule has 1 aliphatic carbocycles. The number of benzene rings is 2. The van der Waals surface area contributed by atoms with E-state index >= 15 is 0 Å². The molecule has 0 fully saturated rings. The number of rotatable bonds is 13. The molecule has 2 aromatic rings. The summed E-state index contributed by atoms with van der Waals surface area (Å²) in [6, 6.07) is 16.3. The summed E-state index contributed by atoms with van der Waals surface area (Å²) in [6.07, 6.45) is -0.963. The summed E-state index contributed by atoms with van der Waals surface area (Å²) in [5, 5.41) is 14.1. The lowest BCUT2D eigenvalue weighted by atomic mass is 9.98. The van der Waals surface area contributed by atoms with E-state index in [4.69, 9.17) is 14.6 Å². The van der Waals surface area contributed by atoms with Gasteiger partial charge >= 0.3 is 12.1 Å². The van der Waals surface area contributed by atoms with Crippen molar-refractivity contribution >= 4 is 29.7 Å². The van der Waals surface area contributed by atoms with Crippen LogP contribution in [0.2, 0.25) is 0 Å². The minimum absolute atomic E-state index is 0.00149. The van der Waals surface area contributed by atoms with Crippen molar-refractivity contribution in [3.05, 3.63) is 59.7 Å². The molecule has 182 valence electrons. The highest BCUT2D eigenvalue weighted by Gasteiger charge is 2.29. The minimum Gasteiger partial charge on any atom is -0.481 e. The number of carbonyl (C=O) groups excluding carboxylic acids is 2. The van der Waals surface area contributed by atoms with Gasteiger partial charge in [0.2, 0.25) is 5.91 Å². The predicted octanol–water partition coefficient (Wildman–Crippen LogP) is 3.25. The first-order valence-electron chi connectivity index (χ1n) is 11.3. The molecule has 3 rings (SSSR count). The molecule has 34 heavy (non-hydrogen) atoms. The van der Waals surface area contributed by atoms with Gasteiger partial charge in [-0.2, -0.15) is 0 Å². The van der Waals surface area contributed by atoms with E-state index in [2.05, 4.69) is 34.9 Å². The number of carbonyl (C=O) groups is 3. The normalized spacial score (nSPS) is 13.0. The van der Waals surface area contributed by atoms with Gasteiger partial charge in [-0.15, -0.1) is 11.8 Å². The standard InChI is InChI=1S/C25H30N2O6S/c1-2-32-17(13-23(28)26-11-12-34-16-24(29)30)14-27-25(31)33-15-22-20-9-5-3-7-18(20)19-8-4-6-10-21(19)22/h3-10,17,22H,2,11-16H2,1H3,(H,26,28)(H,27,31)(H,29,30). The Bertz CT molecular complexity index is 953. The number of hydrogen-bond acceptors (Lipinski definition) is 6. The van der Waals surface area contributed by atoms with E-state index in [0.29, 0.717) is 18.9 Å². The molecule has 0 spiro atoms. The highest BCUT2D eigenvalue weighted by Crippen LogP contribution is 2.44. The van der Waals surface area contributed by atoms with Crippen LogP contribution in [0.5, 0.6) is 0 Å². The molecular weight excluding hydrogens is 456 g/mol. The Morgan fingerprint density at radius 3 is 2.29 bits per heavy atom. The van der Waals surface area contributed by atoms with Crippen LogP contribution in [0.4, 0.5) is 4.79 Å². The topological polar surface area (TPSA) is 114 Å². The summed E-state index contributed by atoms with van der Waals surface area (Å²) in [5.74, 6) is -0.613. The SMILES string of the molecule is CCOC(CNC(=O)OCC1c2ccccc2-c2ccccc21)CC(=O)NCCSCC(=O)O. The Hall–Kier alpha value is -3.04. The summed E-state index contributed by atoms with van der Waals surface area (Å²) in [7, 11) is 0. The molecule has 1 unspecified atom stereocenters. The minimum atomic E-state index is -0.882. The smallest absolute Gasteiger partial charge is 0.407 e. The monoisotopic (exact) mass is 486 g/mol. The second-order valence-electron chi connectivity index (χ2n) is 7.78. The zero-order chi connectivity index (χ0) is 24.3. The van der Waals surface area contributed by atoms with Gasteiger partial charge in [-0.25, -0.2) is 4.79 Å². The third-order valence-electron chi connectivity index (χ3n) is 5.43. The van der Waals surface area contributed by atoms with Crippen LogP contribution >= 0.6 is 11.8 Å². The zero-order valence-corrected chi connectivity index (χ0v) is 19.9. The molecule has 2 aromatic carbocycles. The van der Waals surface area contributed by atoms with Crippen LogP contribution in [-0.2, 0) is 19.1 Å². The maximum Gasteiger partial charge on any atom is 0.407 e. The summed E-state index contributed by atoms with van der Waals surface area (Å²) >= 11 is 1.23. The van der Waals surface area contributed by atoms with Crippen molar-refractivity contribution in [2.45, 2.75) is 25.4 Å². The summed E-state index contributed by atoms with van der Waals surface area (Å²) in [4.78, 5) is 35.0. The van der Waals surface area contributed by atoms with E-state index in [-0.39, 0.29) is 37.2 Å². The lowest BCUT2D eigenvalue weighted by Gasteiger charge is -2.18. The van der Waals surface area contributed by atoms with Crippen LogP contribution in [0.15, 0.2) is 48.5 Å². The number of nitrogens with one attached hydrogen (secondary N) is 2. The molecule has 1 atom stereocenters. The number of alkyl carbamates (subject to hydrolysis) is 1. The van der Waals surface area contributed by atoms with Gasteiger partial charge in [0.25, 0.3) is 0 Å². The van der Waals surface area contributed by atoms with Crippen molar-refractivity contribution < 1.29 is 29.0 Å². The molecule has 1 aliphatic rings. The lowest BCUT2D eigenvalue weighted by Crippen LogP contribution is -2.38. The van der Waals surface area contributed by atoms with Gasteiger partial charge in [-0.1, -0.05) is 48.5 Å². The number of carboxylic acid groups (broad SMARTS) is 1. The van der Waals surface area contributed by atoms with Gasteiger partial charge in [0.15, 0.2) is 0 Å². The fourth-order valence-electron chi connectivity index (χ4n) is 3.97. The van der Waals surface area contributed by atoms with Crippen molar-refractivity contribution in [2.75, 3.05) is 37.8 Å². The van der Waals surface area contributed by atoms with Gasteiger partial charge in [0.05, 0.1) is 18.3 Å². The number of ether oxygens (including phenoxy) is 2. The Kier molecular flexibility index (Phi) is 9.78. The molecule has 0 radical (unpaired) electrons. The summed E-state index contributed by atoms with van der Waals surface area (Å²) in [6.45, 7) is 2.95. The summed E-state index contributed by atoms with van der Waals surface area (Å²) < 4.78 is 11.1. The van der Waals surface area contributed by atoms with Crippen molar-refractivity contribution in [1.29, 1.82) is 0 Å². The Labute approximate surface area is 203 Å². The van der Waals surface area contributed by atoms with E-state index < -0.39 is 18.2 Å². The number of amides is 2. The average Bonchev–Trinajstić information content (AvgIpc) is 3.14. The van der Waals surface area contributed by atoms with Gasteiger partial charge in [0.1, 0.15) is 6.61 Å². The van der Waals surface area contributed by atoms with E-state index in [0.717, 1.165) is 22.3 Å². The van der Waals surface area contributed by atoms with Crippen molar-refractivity contribution in [1.82, 2.24) is 10.6 Å². The van der Waals surface area contributed by atoms with Gasteiger partial charge < -0.3 is 25.2 Å². The van der Waals surface area contributed by atoms with Crippen LogP contribution in [0.3, 0.4) is 0 Å². The quantitative estimate of drug-likeness (QED) is 0.373. The number of thioether (sulfide) groups is 1. The lowest BCUT2D eigenvalue weighted by molar-refractivity contribution is -0.134. The Balaban J connectivity index is 1.44. The van der Waals surface area contributed by atoms with Gasteiger partial charge in [0, 0.05) is 31.4 Å². The molecule has 0 saturated heterocycles. The van der Waals surface area contributed by atoms with E-state index in [1.54, 1.807) is 0 Å². The maximum atomic E-state index is 12.4.